The molecule has 0 aliphatic heterocycles. The molecule has 2 rings (SSSR count). The van der Waals surface area contributed by atoms with Crippen molar-refractivity contribution in [2.24, 2.45) is 0 Å². The van der Waals surface area contributed by atoms with Crippen molar-refractivity contribution in [3.63, 3.8) is 0 Å². The van der Waals surface area contributed by atoms with Crippen molar-refractivity contribution >= 4 is 11.3 Å². The van der Waals surface area contributed by atoms with Gasteiger partial charge in [-0.15, -0.1) is 0 Å². The average molecular weight is 253 g/mol. The summed E-state index contributed by atoms with van der Waals surface area (Å²) < 4.78 is 5.88. The molecule has 0 spiro atoms. The zero-order valence-corrected chi connectivity index (χ0v) is 11.3. The molecular weight excluding hydrogens is 230 g/mol. The number of thiophene rings is 1. The van der Waals surface area contributed by atoms with Crippen LogP contribution < -0.4 is 5.32 Å². The fraction of sp³-hybridized carbons (Fsp3) is 0.714. The molecule has 1 heterocycles. The lowest BCUT2D eigenvalue weighted by atomic mass is 9.98. The Morgan fingerprint density at radius 1 is 1.29 bits per heavy atom. The van der Waals surface area contributed by atoms with Crippen LogP contribution in [0.3, 0.4) is 0 Å². The van der Waals surface area contributed by atoms with Crippen LogP contribution in [0.5, 0.6) is 0 Å². The van der Waals surface area contributed by atoms with E-state index in [4.69, 9.17) is 4.74 Å². The van der Waals surface area contributed by atoms with Crippen molar-refractivity contribution in [2.75, 3.05) is 13.2 Å². The summed E-state index contributed by atoms with van der Waals surface area (Å²) in [6.07, 6.45) is 8.37. The quantitative estimate of drug-likeness (QED) is 0.750. The number of hydrogen-bond donors (Lipinski definition) is 1. The third-order valence-electron chi connectivity index (χ3n) is 3.31. The van der Waals surface area contributed by atoms with Crippen LogP contribution >= 0.6 is 11.3 Å². The number of ether oxygens (including phenoxy) is 1. The summed E-state index contributed by atoms with van der Waals surface area (Å²) in [5, 5.41) is 7.78. The summed E-state index contributed by atoms with van der Waals surface area (Å²) in [4.78, 5) is 0. The van der Waals surface area contributed by atoms with Crippen LogP contribution in [0.2, 0.25) is 0 Å². The summed E-state index contributed by atoms with van der Waals surface area (Å²) in [5.41, 5.74) is 1.39. The lowest BCUT2D eigenvalue weighted by Gasteiger charge is -2.21. The highest BCUT2D eigenvalue weighted by molar-refractivity contribution is 7.07. The van der Waals surface area contributed by atoms with Crippen LogP contribution in [0.15, 0.2) is 16.8 Å². The van der Waals surface area contributed by atoms with E-state index in [1.165, 1.54) is 37.7 Å². The second-order valence-corrected chi connectivity index (χ2v) is 5.57. The van der Waals surface area contributed by atoms with E-state index in [1.54, 1.807) is 11.3 Å². The molecule has 0 bridgehead atoms. The van der Waals surface area contributed by atoms with Gasteiger partial charge >= 0.3 is 0 Å². The van der Waals surface area contributed by atoms with Gasteiger partial charge in [-0.2, -0.15) is 11.3 Å². The van der Waals surface area contributed by atoms with Crippen LogP contribution in [-0.2, 0) is 11.3 Å². The molecule has 1 aliphatic rings. The Morgan fingerprint density at radius 2 is 2.18 bits per heavy atom. The van der Waals surface area contributed by atoms with Gasteiger partial charge in [0.15, 0.2) is 0 Å². The highest BCUT2D eigenvalue weighted by atomic mass is 32.1. The number of rotatable bonds is 7. The Morgan fingerprint density at radius 3 is 2.94 bits per heavy atom. The molecule has 0 saturated heterocycles. The normalized spacial score (nSPS) is 17.4. The van der Waals surface area contributed by atoms with E-state index < -0.39 is 0 Å². The first-order valence-electron chi connectivity index (χ1n) is 6.78. The molecule has 1 aliphatic carbocycles. The van der Waals surface area contributed by atoms with Crippen molar-refractivity contribution in [1.82, 2.24) is 5.32 Å². The Labute approximate surface area is 108 Å². The molecule has 3 heteroatoms. The molecule has 0 radical (unpaired) electrons. The molecule has 2 nitrogen and oxygen atoms in total. The topological polar surface area (TPSA) is 21.3 Å². The molecule has 0 aromatic carbocycles. The molecule has 17 heavy (non-hydrogen) atoms. The van der Waals surface area contributed by atoms with Crippen LogP contribution in [0.1, 0.15) is 44.1 Å². The minimum atomic E-state index is 0.556. The maximum Gasteiger partial charge on any atom is 0.0575 e. The third kappa shape index (κ3) is 5.19. The Bertz CT molecular complexity index is 280. The SMILES string of the molecule is c1cc(CNCCCOC2CCCCC2)cs1. The lowest BCUT2D eigenvalue weighted by molar-refractivity contribution is 0.0273. The minimum absolute atomic E-state index is 0.556. The molecule has 1 saturated carbocycles. The van der Waals surface area contributed by atoms with Crippen molar-refractivity contribution < 1.29 is 4.74 Å². The van der Waals surface area contributed by atoms with Gasteiger partial charge in [-0.3, -0.25) is 0 Å². The number of hydrogen-bond acceptors (Lipinski definition) is 3. The molecule has 0 unspecified atom stereocenters. The first kappa shape index (κ1) is 13.1. The summed E-state index contributed by atoms with van der Waals surface area (Å²) in [5.74, 6) is 0. The zero-order chi connectivity index (χ0) is 11.8. The van der Waals surface area contributed by atoms with Gasteiger partial charge in [0, 0.05) is 13.2 Å². The summed E-state index contributed by atoms with van der Waals surface area (Å²) in [6, 6.07) is 2.18. The van der Waals surface area contributed by atoms with Crippen molar-refractivity contribution in [3.8, 4) is 0 Å². The monoisotopic (exact) mass is 253 g/mol. The highest BCUT2D eigenvalue weighted by Gasteiger charge is 2.12. The van der Waals surface area contributed by atoms with Gasteiger partial charge in [0.2, 0.25) is 0 Å². The van der Waals surface area contributed by atoms with Gasteiger partial charge in [-0.1, -0.05) is 19.3 Å². The van der Waals surface area contributed by atoms with Crippen molar-refractivity contribution in [2.45, 2.75) is 51.2 Å². The molecule has 96 valence electrons. The van der Waals surface area contributed by atoms with E-state index in [0.29, 0.717) is 6.10 Å². The van der Waals surface area contributed by atoms with Gasteiger partial charge < -0.3 is 10.1 Å². The van der Waals surface area contributed by atoms with E-state index in [2.05, 4.69) is 22.1 Å². The van der Waals surface area contributed by atoms with E-state index in [9.17, 15) is 0 Å². The summed E-state index contributed by atoms with van der Waals surface area (Å²) >= 11 is 1.76. The van der Waals surface area contributed by atoms with E-state index in [-0.39, 0.29) is 0 Å². The highest BCUT2D eigenvalue weighted by Crippen LogP contribution is 2.20. The van der Waals surface area contributed by atoms with Crippen LogP contribution in [0, 0.1) is 0 Å². The third-order valence-corrected chi connectivity index (χ3v) is 4.04. The van der Waals surface area contributed by atoms with Crippen LogP contribution in [0.4, 0.5) is 0 Å². The molecule has 1 aromatic heterocycles. The smallest absolute Gasteiger partial charge is 0.0575 e. The summed E-state index contributed by atoms with van der Waals surface area (Å²) in [6.45, 7) is 2.97. The number of nitrogens with one attached hydrogen (secondary N) is 1. The standard InChI is InChI=1S/C14H23NOS/c1-2-5-14(6-3-1)16-9-4-8-15-11-13-7-10-17-12-13/h7,10,12,14-15H,1-6,8-9,11H2. The Hall–Kier alpha value is -0.380. The van der Waals surface area contributed by atoms with Crippen molar-refractivity contribution in [3.05, 3.63) is 22.4 Å². The predicted octanol–water partition coefficient (Wildman–Crippen LogP) is 3.58. The van der Waals surface area contributed by atoms with Gasteiger partial charge in [0.1, 0.15) is 0 Å². The predicted molar refractivity (Wildman–Crippen MR) is 73.5 cm³/mol. The Kier molecular flexibility index (Phi) is 6.03. The lowest BCUT2D eigenvalue weighted by Crippen LogP contribution is -2.20. The summed E-state index contributed by atoms with van der Waals surface area (Å²) in [7, 11) is 0. The molecule has 0 amide bonds. The molecule has 1 N–H and O–H groups in total. The molecule has 1 fully saturated rings. The molecule has 1 aromatic rings. The largest absolute Gasteiger partial charge is 0.378 e. The van der Waals surface area contributed by atoms with Crippen LogP contribution in [0.25, 0.3) is 0 Å². The second kappa shape index (κ2) is 7.85. The second-order valence-electron chi connectivity index (χ2n) is 4.79. The molecule has 0 atom stereocenters. The fourth-order valence-electron chi connectivity index (χ4n) is 2.30. The van der Waals surface area contributed by atoms with Crippen molar-refractivity contribution in [1.29, 1.82) is 0 Å². The first-order chi connectivity index (χ1) is 8.45. The zero-order valence-electron chi connectivity index (χ0n) is 10.5. The van der Waals surface area contributed by atoms with Gasteiger partial charge in [0.25, 0.3) is 0 Å². The van der Waals surface area contributed by atoms with E-state index in [0.717, 1.165) is 26.1 Å². The van der Waals surface area contributed by atoms with Gasteiger partial charge in [-0.25, -0.2) is 0 Å². The van der Waals surface area contributed by atoms with Gasteiger partial charge in [0.05, 0.1) is 6.10 Å². The van der Waals surface area contributed by atoms with Crippen LogP contribution in [-0.4, -0.2) is 19.3 Å². The van der Waals surface area contributed by atoms with Gasteiger partial charge in [-0.05, 0) is 48.2 Å². The maximum atomic E-state index is 5.88. The van der Waals surface area contributed by atoms with E-state index in [1.807, 2.05) is 0 Å². The first-order valence-corrected chi connectivity index (χ1v) is 7.73. The van der Waals surface area contributed by atoms with E-state index >= 15 is 0 Å². The Balaban J connectivity index is 1.43. The average Bonchev–Trinajstić information content (AvgIpc) is 2.88. The fourth-order valence-corrected chi connectivity index (χ4v) is 2.97. The molecular formula is C14H23NOS. The minimum Gasteiger partial charge on any atom is -0.378 e. The maximum absolute atomic E-state index is 5.88.